The molecular formula is C17H23NO3. The minimum absolute atomic E-state index is 0.0550. The number of aromatic carboxylic acids is 1. The van der Waals surface area contributed by atoms with Crippen molar-refractivity contribution in [3.8, 4) is 0 Å². The summed E-state index contributed by atoms with van der Waals surface area (Å²) in [6.45, 7) is 4.86. The van der Waals surface area contributed by atoms with Gasteiger partial charge in [0.25, 0.3) is 0 Å². The number of carboxylic acid groups (broad SMARTS) is 1. The van der Waals surface area contributed by atoms with Gasteiger partial charge in [-0.3, -0.25) is 4.79 Å². The molecule has 4 heteroatoms. The zero-order valence-electron chi connectivity index (χ0n) is 12.8. The Hall–Kier alpha value is -1.84. The van der Waals surface area contributed by atoms with Crippen LogP contribution in [-0.4, -0.2) is 23.5 Å². The number of benzene rings is 1. The van der Waals surface area contributed by atoms with E-state index in [0.717, 1.165) is 43.4 Å². The van der Waals surface area contributed by atoms with Gasteiger partial charge in [0, 0.05) is 18.2 Å². The van der Waals surface area contributed by atoms with Gasteiger partial charge in [0.2, 0.25) is 5.91 Å². The molecule has 1 aromatic carbocycles. The Labute approximate surface area is 125 Å². The Bertz CT molecular complexity index is 533. The molecule has 0 aromatic heterocycles. The van der Waals surface area contributed by atoms with Gasteiger partial charge in [-0.1, -0.05) is 32.8 Å². The monoisotopic (exact) mass is 289 g/mol. The van der Waals surface area contributed by atoms with Crippen LogP contribution in [0.2, 0.25) is 0 Å². The molecule has 1 aliphatic rings. The molecule has 21 heavy (non-hydrogen) atoms. The zero-order valence-corrected chi connectivity index (χ0v) is 12.8. The lowest BCUT2D eigenvalue weighted by Gasteiger charge is -2.24. The van der Waals surface area contributed by atoms with Gasteiger partial charge in [0.1, 0.15) is 0 Å². The highest BCUT2D eigenvalue weighted by Gasteiger charge is 2.29. The molecule has 114 valence electrons. The summed E-state index contributed by atoms with van der Waals surface area (Å²) in [6.07, 6.45) is 4.60. The van der Waals surface area contributed by atoms with Gasteiger partial charge in [-0.25, -0.2) is 4.79 Å². The lowest BCUT2D eigenvalue weighted by atomic mass is 9.96. The van der Waals surface area contributed by atoms with Gasteiger partial charge in [-0.2, -0.15) is 0 Å². The van der Waals surface area contributed by atoms with Crippen molar-refractivity contribution in [3.05, 3.63) is 29.3 Å². The third kappa shape index (κ3) is 3.26. The quantitative estimate of drug-likeness (QED) is 0.872. The molecule has 0 atom stereocenters. The second kappa shape index (κ2) is 6.74. The number of nitrogens with zero attached hydrogens (tertiary/aromatic N) is 1. The normalized spacial score (nSPS) is 13.6. The topological polar surface area (TPSA) is 57.6 Å². The first-order valence-electron chi connectivity index (χ1n) is 7.76. The molecule has 1 aliphatic heterocycles. The molecule has 0 unspecified atom stereocenters. The molecule has 0 saturated heterocycles. The summed E-state index contributed by atoms with van der Waals surface area (Å²) in [6, 6.07) is 5.09. The summed E-state index contributed by atoms with van der Waals surface area (Å²) in [5.41, 5.74) is 2.10. The van der Waals surface area contributed by atoms with E-state index in [0.29, 0.717) is 6.54 Å². The van der Waals surface area contributed by atoms with Gasteiger partial charge in [-0.15, -0.1) is 0 Å². The molecule has 0 radical (unpaired) electrons. The molecular weight excluding hydrogens is 266 g/mol. The third-order valence-electron chi connectivity index (χ3n) is 4.12. The second-order valence-electron chi connectivity index (χ2n) is 5.66. The van der Waals surface area contributed by atoms with Crippen LogP contribution < -0.4 is 4.90 Å². The minimum atomic E-state index is -0.948. The van der Waals surface area contributed by atoms with E-state index in [1.54, 1.807) is 17.0 Å². The van der Waals surface area contributed by atoms with Crippen molar-refractivity contribution in [1.82, 2.24) is 0 Å². The molecule has 4 nitrogen and oxygen atoms in total. The molecule has 0 bridgehead atoms. The van der Waals surface area contributed by atoms with Gasteiger partial charge >= 0.3 is 5.97 Å². The van der Waals surface area contributed by atoms with Crippen molar-refractivity contribution in [2.75, 3.05) is 11.4 Å². The van der Waals surface area contributed by atoms with Gasteiger partial charge in [0.05, 0.1) is 5.56 Å². The Morgan fingerprint density at radius 1 is 1.24 bits per heavy atom. The summed E-state index contributed by atoms with van der Waals surface area (Å²) in [4.78, 5) is 25.6. The van der Waals surface area contributed by atoms with Gasteiger partial charge < -0.3 is 10.0 Å². The lowest BCUT2D eigenvalue weighted by Crippen LogP contribution is -2.35. The van der Waals surface area contributed by atoms with Gasteiger partial charge in [-0.05, 0) is 37.0 Å². The summed E-state index contributed by atoms with van der Waals surface area (Å²) in [7, 11) is 0. The summed E-state index contributed by atoms with van der Waals surface area (Å²) < 4.78 is 0. The number of rotatable bonds is 6. The Balaban J connectivity index is 2.25. The highest BCUT2D eigenvalue weighted by atomic mass is 16.4. The maximum absolute atomic E-state index is 12.7. The molecule has 1 heterocycles. The first kappa shape index (κ1) is 15.5. The Kier molecular flexibility index (Phi) is 4.99. The number of fused-ring (bicyclic) bond motifs is 1. The largest absolute Gasteiger partial charge is 0.478 e. The number of amides is 1. The van der Waals surface area contributed by atoms with E-state index in [4.69, 9.17) is 5.11 Å². The number of carbonyl (C=O) groups excluding carboxylic acids is 1. The molecule has 2 rings (SSSR count). The standard InChI is InChI=1S/C17H23NO3/c1-3-5-13(6-4-2)16(19)18-10-9-12-7-8-14(17(20)21)11-15(12)18/h7-8,11,13H,3-6,9-10H2,1-2H3,(H,20,21). The van der Waals surface area contributed by atoms with E-state index in [9.17, 15) is 9.59 Å². The fourth-order valence-electron chi connectivity index (χ4n) is 3.05. The van der Waals surface area contributed by atoms with Crippen LogP contribution in [0.25, 0.3) is 0 Å². The van der Waals surface area contributed by atoms with Crippen molar-refractivity contribution < 1.29 is 14.7 Å². The number of anilines is 1. The Morgan fingerprint density at radius 3 is 2.48 bits per heavy atom. The molecule has 1 N–H and O–H groups in total. The van der Waals surface area contributed by atoms with Crippen LogP contribution in [0.3, 0.4) is 0 Å². The summed E-state index contributed by atoms with van der Waals surface area (Å²) in [5, 5.41) is 9.12. The van der Waals surface area contributed by atoms with Crippen LogP contribution >= 0.6 is 0 Å². The first-order valence-corrected chi connectivity index (χ1v) is 7.76. The van der Waals surface area contributed by atoms with Crippen LogP contribution in [0.1, 0.15) is 55.5 Å². The molecule has 0 aliphatic carbocycles. The van der Waals surface area contributed by atoms with Crippen molar-refractivity contribution in [1.29, 1.82) is 0 Å². The maximum atomic E-state index is 12.7. The zero-order chi connectivity index (χ0) is 15.4. The van der Waals surface area contributed by atoms with Crippen molar-refractivity contribution in [2.24, 2.45) is 5.92 Å². The highest BCUT2D eigenvalue weighted by Crippen LogP contribution is 2.31. The van der Waals surface area contributed by atoms with Crippen LogP contribution in [-0.2, 0) is 11.2 Å². The average Bonchev–Trinajstić information content (AvgIpc) is 2.89. The predicted molar refractivity (Wildman–Crippen MR) is 82.8 cm³/mol. The maximum Gasteiger partial charge on any atom is 0.335 e. The van der Waals surface area contributed by atoms with E-state index in [1.807, 2.05) is 6.07 Å². The number of carbonyl (C=O) groups is 2. The molecule has 1 aromatic rings. The number of hydrogen-bond acceptors (Lipinski definition) is 2. The van der Waals surface area contributed by atoms with E-state index < -0.39 is 5.97 Å². The third-order valence-corrected chi connectivity index (χ3v) is 4.12. The van der Waals surface area contributed by atoms with Crippen LogP contribution in [0.15, 0.2) is 18.2 Å². The van der Waals surface area contributed by atoms with E-state index >= 15 is 0 Å². The van der Waals surface area contributed by atoms with Crippen molar-refractivity contribution >= 4 is 17.6 Å². The average molecular weight is 289 g/mol. The van der Waals surface area contributed by atoms with Crippen LogP contribution in [0.4, 0.5) is 5.69 Å². The fraction of sp³-hybridized carbons (Fsp3) is 0.529. The first-order chi connectivity index (χ1) is 10.1. The number of carboxylic acids is 1. The van der Waals surface area contributed by atoms with Crippen LogP contribution in [0, 0.1) is 5.92 Å². The SMILES string of the molecule is CCCC(CCC)C(=O)N1CCc2ccc(C(=O)O)cc21. The predicted octanol–water partition coefficient (Wildman–Crippen LogP) is 3.49. The molecule has 0 saturated carbocycles. The Morgan fingerprint density at radius 2 is 1.90 bits per heavy atom. The summed E-state index contributed by atoms with van der Waals surface area (Å²) in [5.74, 6) is -0.741. The fourth-order valence-corrected chi connectivity index (χ4v) is 3.05. The number of hydrogen-bond donors (Lipinski definition) is 1. The molecule has 1 amide bonds. The van der Waals surface area contributed by atoms with E-state index in [-0.39, 0.29) is 17.4 Å². The van der Waals surface area contributed by atoms with Crippen molar-refractivity contribution in [3.63, 3.8) is 0 Å². The lowest BCUT2D eigenvalue weighted by molar-refractivity contribution is -0.122. The molecule has 0 fully saturated rings. The second-order valence-corrected chi connectivity index (χ2v) is 5.66. The minimum Gasteiger partial charge on any atom is -0.478 e. The van der Waals surface area contributed by atoms with Gasteiger partial charge in [0.15, 0.2) is 0 Å². The van der Waals surface area contributed by atoms with Crippen LogP contribution in [0.5, 0.6) is 0 Å². The van der Waals surface area contributed by atoms with Crippen molar-refractivity contribution in [2.45, 2.75) is 46.0 Å². The van der Waals surface area contributed by atoms with E-state index in [2.05, 4.69) is 13.8 Å². The smallest absolute Gasteiger partial charge is 0.335 e. The molecule has 0 spiro atoms. The highest BCUT2D eigenvalue weighted by molar-refractivity contribution is 5.99. The summed E-state index contributed by atoms with van der Waals surface area (Å²) >= 11 is 0. The van der Waals surface area contributed by atoms with E-state index in [1.165, 1.54) is 0 Å².